The van der Waals surface area contributed by atoms with Crippen molar-refractivity contribution in [1.29, 1.82) is 0 Å². The maximum absolute atomic E-state index is 5.90. The van der Waals surface area contributed by atoms with Gasteiger partial charge in [0, 0.05) is 16.8 Å². The van der Waals surface area contributed by atoms with Crippen molar-refractivity contribution in [2.45, 2.75) is 20.3 Å². The zero-order chi connectivity index (χ0) is 11.5. The van der Waals surface area contributed by atoms with E-state index in [-0.39, 0.29) is 0 Å². The lowest BCUT2D eigenvalue weighted by Crippen LogP contribution is -1.94. The second-order valence-electron chi connectivity index (χ2n) is 4.10. The molecular weight excluding hydrogens is 194 g/mol. The second kappa shape index (κ2) is 4.28. The van der Waals surface area contributed by atoms with Gasteiger partial charge >= 0.3 is 0 Å². The van der Waals surface area contributed by atoms with Crippen molar-refractivity contribution in [2.24, 2.45) is 0 Å². The normalized spacial score (nSPS) is 13.2. The smallest absolute Gasteiger partial charge is 0.0374 e. The van der Waals surface area contributed by atoms with Crippen LogP contribution in [0, 0.1) is 25.7 Å². The van der Waals surface area contributed by atoms with Gasteiger partial charge in [0.1, 0.15) is 0 Å². The summed E-state index contributed by atoms with van der Waals surface area (Å²) in [4.78, 5) is 0. The van der Waals surface area contributed by atoms with Gasteiger partial charge < -0.3 is 5.73 Å². The summed E-state index contributed by atoms with van der Waals surface area (Å²) >= 11 is 0. The van der Waals surface area contributed by atoms with Crippen LogP contribution in [0.3, 0.4) is 0 Å². The Morgan fingerprint density at radius 1 is 1.12 bits per heavy atom. The molecule has 0 aromatic heterocycles. The van der Waals surface area contributed by atoms with Gasteiger partial charge in [-0.2, -0.15) is 0 Å². The van der Waals surface area contributed by atoms with Gasteiger partial charge in [0.15, 0.2) is 0 Å². The predicted octanol–water partition coefficient (Wildman–Crippen LogP) is 3.12. The van der Waals surface area contributed by atoms with Crippen LogP contribution in [0.4, 0.5) is 5.69 Å². The average Bonchev–Trinajstić information content (AvgIpc) is 2.75. The summed E-state index contributed by atoms with van der Waals surface area (Å²) in [6.45, 7) is 4.04. The molecule has 1 aromatic carbocycles. The number of benzene rings is 1. The highest BCUT2D eigenvalue weighted by molar-refractivity contribution is 5.58. The Kier molecular flexibility index (Phi) is 2.83. The van der Waals surface area contributed by atoms with Gasteiger partial charge in [-0.05, 0) is 43.5 Å². The third-order valence-electron chi connectivity index (χ3n) is 2.73. The predicted molar refractivity (Wildman–Crippen MR) is 69.0 cm³/mol. The van der Waals surface area contributed by atoms with Crippen LogP contribution in [-0.4, -0.2) is 0 Å². The zero-order valence-electron chi connectivity index (χ0n) is 9.67. The first-order valence-electron chi connectivity index (χ1n) is 5.41. The fourth-order valence-electron chi connectivity index (χ4n) is 1.74. The maximum atomic E-state index is 5.90. The number of nitrogen functional groups attached to an aromatic ring is 1. The van der Waals surface area contributed by atoms with E-state index in [0.717, 1.165) is 28.8 Å². The minimum absolute atomic E-state index is 0.868. The summed E-state index contributed by atoms with van der Waals surface area (Å²) < 4.78 is 0. The van der Waals surface area contributed by atoms with E-state index in [2.05, 4.69) is 24.0 Å². The quantitative estimate of drug-likeness (QED) is 0.515. The topological polar surface area (TPSA) is 26.0 Å². The van der Waals surface area contributed by atoms with Crippen molar-refractivity contribution in [3.8, 4) is 11.8 Å². The van der Waals surface area contributed by atoms with E-state index in [1.165, 1.54) is 5.57 Å². The maximum Gasteiger partial charge on any atom is 0.0374 e. The first-order chi connectivity index (χ1) is 7.66. The number of aryl methyl sites for hydroxylation is 2. The van der Waals surface area contributed by atoms with Crippen LogP contribution in [0.15, 0.2) is 35.9 Å². The summed E-state index contributed by atoms with van der Waals surface area (Å²) in [7, 11) is 0. The summed E-state index contributed by atoms with van der Waals surface area (Å²) in [6, 6.07) is 4.08. The average molecular weight is 209 g/mol. The Bertz CT molecular complexity index is 513. The van der Waals surface area contributed by atoms with Crippen LogP contribution >= 0.6 is 0 Å². The highest BCUT2D eigenvalue weighted by Crippen LogP contribution is 2.18. The van der Waals surface area contributed by atoms with Crippen molar-refractivity contribution in [1.82, 2.24) is 0 Å². The Morgan fingerprint density at radius 2 is 1.81 bits per heavy atom. The van der Waals surface area contributed by atoms with Crippen LogP contribution in [0.25, 0.3) is 0 Å². The summed E-state index contributed by atoms with van der Waals surface area (Å²) in [5, 5.41) is 0. The third kappa shape index (κ3) is 2.17. The van der Waals surface area contributed by atoms with E-state index in [1.54, 1.807) is 0 Å². The molecule has 0 radical (unpaired) electrons. The minimum Gasteiger partial charge on any atom is -0.398 e. The van der Waals surface area contributed by atoms with Gasteiger partial charge in [-0.15, -0.1) is 0 Å². The molecule has 0 spiro atoms. The Balaban J connectivity index is 2.28. The molecule has 2 N–H and O–H groups in total. The Hall–Kier alpha value is -1.94. The molecular formula is C15H15N. The monoisotopic (exact) mass is 209 g/mol. The summed E-state index contributed by atoms with van der Waals surface area (Å²) in [5.74, 6) is 6.36. The molecule has 0 heterocycles. The number of hydrogen-bond acceptors (Lipinski definition) is 1. The highest BCUT2D eigenvalue weighted by atomic mass is 14.6. The van der Waals surface area contributed by atoms with Crippen LogP contribution in [-0.2, 0) is 0 Å². The molecule has 1 aliphatic carbocycles. The van der Waals surface area contributed by atoms with E-state index in [0.29, 0.717) is 0 Å². The van der Waals surface area contributed by atoms with Crippen molar-refractivity contribution >= 4 is 5.69 Å². The van der Waals surface area contributed by atoms with E-state index in [4.69, 9.17) is 5.73 Å². The van der Waals surface area contributed by atoms with Gasteiger partial charge in [0.2, 0.25) is 0 Å². The van der Waals surface area contributed by atoms with Gasteiger partial charge in [0.25, 0.3) is 0 Å². The molecule has 0 amide bonds. The number of allylic oxidation sites excluding steroid dienone is 4. The van der Waals surface area contributed by atoms with Gasteiger partial charge in [-0.1, -0.05) is 30.1 Å². The lowest BCUT2D eigenvalue weighted by molar-refractivity contribution is 1.35. The van der Waals surface area contributed by atoms with Crippen molar-refractivity contribution in [2.75, 3.05) is 5.73 Å². The van der Waals surface area contributed by atoms with Crippen LogP contribution < -0.4 is 5.73 Å². The lowest BCUT2D eigenvalue weighted by Gasteiger charge is -2.04. The molecule has 0 saturated heterocycles. The molecule has 0 aliphatic heterocycles. The number of anilines is 1. The van der Waals surface area contributed by atoms with E-state index in [1.807, 2.05) is 32.1 Å². The molecule has 1 aliphatic rings. The molecule has 0 bridgehead atoms. The fourth-order valence-corrected chi connectivity index (χ4v) is 1.74. The molecule has 2 rings (SSSR count). The van der Waals surface area contributed by atoms with Crippen molar-refractivity contribution < 1.29 is 0 Å². The molecule has 1 heteroatoms. The summed E-state index contributed by atoms with van der Waals surface area (Å²) in [6.07, 6.45) is 7.18. The van der Waals surface area contributed by atoms with Crippen LogP contribution in [0.5, 0.6) is 0 Å². The second-order valence-corrected chi connectivity index (χ2v) is 4.10. The molecule has 16 heavy (non-hydrogen) atoms. The minimum atomic E-state index is 0.868. The molecule has 0 unspecified atom stereocenters. The standard InChI is InChI=1S/C15H15N/c1-11-9-14(10-12(2)15(11)16)8-7-13-5-3-4-6-13/h3-5,9-10H,6,16H2,1-2H3. The van der Waals surface area contributed by atoms with E-state index in [9.17, 15) is 0 Å². The lowest BCUT2D eigenvalue weighted by atomic mass is 10.0. The van der Waals surface area contributed by atoms with Gasteiger partial charge in [-0.25, -0.2) is 0 Å². The molecule has 0 atom stereocenters. The van der Waals surface area contributed by atoms with Gasteiger partial charge in [0.05, 0.1) is 0 Å². The SMILES string of the molecule is Cc1cc(C#CC2=CC=CC2)cc(C)c1N. The highest BCUT2D eigenvalue weighted by Gasteiger charge is 1.99. The fraction of sp³-hybridized carbons (Fsp3) is 0.200. The molecule has 1 aromatic rings. The molecule has 80 valence electrons. The number of nitrogens with two attached hydrogens (primary N) is 1. The molecule has 1 nitrogen and oxygen atoms in total. The molecule has 0 saturated carbocycles. The Labute approximate surface area is 96.7 Å². The largest absolute Gasteiger partial charge is 0.398 e. The Morgan fingerprint density at radius 3 is 2.38 bits per heavy atom. The summed E-state index contributed by atoms with van der Waals surface area (Å²) in [5.41, 5.74) is 11.2. The van der Waals surface area contributed by atoms with E-state index < -0.39 is 0 Å². The van der Waals surface area contributed by atoms with Crippen molar-refractivity contribution in [3.05, 3.63) is 52.6 Å². The van der Waals surface area contributed by atoms with Crippen molar-refractivity contribution in [3.63, 3.8) is 0 Å². The zero-order valence-corrected chi connectivity index (χ0v) is 9.67. The van der Waals surface area contributed by atoms with Crippen LogP contribution in [0.1, 0.15) is 23.1 Å². The first kappa shape index (κ1) is 10.6. The number of rotatable bonds is 0. The van der Waals surface area contributed by atoms with E-state index >= 15 is 0 Å². The first-order valence-corrected chi connectivity index (χ1v) is 5.41. The van der Waals surface area contributed by atoms with Crippen LogP contribution in [0.2, 0.25) is 0 Å². The van der Waals surface area contributed by atoms with Gasteiger partial charge in [-0.3, -0.25) is 0 Å². The third-order valence-corrected chi connectivity index (χ3v) is 2.73. The molecule has 0 fully saturated rings. The number of hydrogen-bond donors (Lipinski definition) is 1.